The Balaban J connectivity index is 1.81. The molecule has 0 saturated heterocycles. The maximum atomic E-state index is 11.9. The Morgan fingerprint density at radius 3 is 2.35 bits per heavy atom. The molecule has 0 spiro atoms. The van der Waals surface area contributed by atoms with Crippen molar-refractivity contribution in [3.8, 4) is 5.75 Å². The molecular formula is C17H13NO2. The van der Waals surface area contributed by atoms with Gasteiger partial charge >= 0.3 is 6.09 Å². The second-order valence-electron chi connectivity index (χ2n) is 4.35. The Morgan fingerprint density at radius 2 is 1.50 bits per heavy atom. The van der Waals surface area contributed by atoms with Crippen molar-refractivity contribution >= 4 is 22.6 Å². The van der Waals surface area contributed by atoms with E-state index in [4.69, 9.17) is 4.74 Å². The van der Waals surface area contributed by atoms with Crippen molar-refractivity contribution in [1.82, 2.24) is 0 Å². The van der Waals surface area contributed by atoms with Crippen LogP contribution in [0.4, 0.5) is 10.5 Å². The van der Waals surface area contributed by atoms with Gasteiger partial charge in [0.2, 0.25) is 0 Å². The topological polar surface area (TPSA) is 38.3 Å². The number of hydrogen-bond donors (Lipinski definition) is 1. The highest BCUT2D eigenvalue weighted by molar-refractivity contribution is 6.00. The molecule has 0 aliphatic rings. The van der Waals surface area contributed by atoms with Gasteiger partial charge in [-0.2, -0.15) is 0 Å². The minimum atomic E-state index is -0.493. The summed E-state index contributed by atoms with van der Waals surface area (Å²) in [6.45, 7) is 0. The normalized spacial score (nSPS) is 10.2. The quantitative estimate of drug-likeness (QED) is 0.741. The summed E-state index contributed by atoms with van der Waals surface area (Å²) in [4.78, 5) is 11.9. The second kappa shape index (κ2) is 5.45. The van der Waals surface area contributed by atoms with Crippen LogP contribution in [0.15, 0.2) is 72.8 Å². The van der Waals surface area contributed by atoms with Crippen LogP contribution in [-0.2, 0) is 0 Å². The summed E-state index contributed by atoms with van der Waals surface area (Å²) in [7, 11) is 0. The van der Waals surface area contributed by atoms with Crippen LogP contribution in [0.5, 0.6) is 5.75 Å². The minimum absolute atomic E-state index is 0.493. The predicted octanol–water partition coefficient (Wildman–Crippen LogP) is 4.45. The van der Waals surface area contributed by atoms with Crippen LogP contribution in [0.3, 0.4) is 0 Å². The predicted molar refractivity (Wildman–Crippen MR) is 80.0 cm³/mol. The summed E-state index contributed by atoms with van der Waals surface area (Å²) >= 11 is 0. The van der Waals surface area contributed by atoms with Crippen molar-refractivity contribution < 1.29 is 9.53 Å². The van der Waals surface area contributed by atoms with Crippen molar-refractivity contribution in [2.75, 3.05) is 5.32 Å². The lowest BCUT2D eigenvalue weighted by molar-refractivity contribution is 0.215. The van der Waals surface area contributed by atoms with E-state index in [0.29, 0.717) is 5.75 Å². The number of anilines is 1. The number of rotatable bonds is 2. The molecular weight excluding hydrogens is 250 g/mol. The summed E-state index contributed by atoms with van der Waals surface area (Å²) < 4.78 is 5.22. The van der Waals surface area contributed by atoms with Gasteiger partial charge in [0.15, 0.2) is 0 Å². The molecule has 3 aromatic rings. The van der Waals surface area contributed by atoms with E-state index in [0.717, 1.165) is 16.5 Å². The van der Waals surface area contributed by atoms with Crippen LogP contribution in [0.1, 0.15) is 0 Å². The highest BCUT2D eigenvalue weighted by Gasteiger charge is 2.07. The smallest absolute Gasteiger partial charge is 0.410 e. The number of para-hydroxylation sites is 1. The molecule has 0 aromatic heterocycles. The van der Waals surface area contributed by atoms with Gasteiger partial charge in [0.25, 0.3) is 0 Å². The van der Waals surface area contributed by atoms with Crippen molar-refractivity contribution in [3.05, 3.63) is 72.8 Å². The third-order valence-electron chi connectivity index (χ3n) is 2.98. The summed E-state index contributed by atoms with van der Waals surface area (Å²) in [5.74, 6) is 0.519. The van der Waals surface area contributed by atoms with Crippen molar-refractivity contribution in [2.24, 2.45) is 0 Å². The highest BCUT2D eigenvalue weighted by atomic mass is 16.6. The van der Waals surface area contributed by atoms with Gasteiger partial charge in [-0.3, -0.25) is 5.32 Å². The van der Waals surface area contributed by atoms with E-state index in [2.05, 4.69) is 5.32 Å². The Hall–Kier alpha value is -2.81. The van der Waals surface area contributed by atoms with E-state index >= 15 is 0 Å². The molecule has 3 heteroatoms. The van der Waals surface area contributed by atoms with Gasteiger partial charge in [0.05, 0.1) is 5.69 Å². The number of carbonyl (C=O) groups excluding carboxylic acids is 1. The number of amides is 1. The van der Waals surface area contributed by atoms with Gasteiger partial charge in [-0.05, 0) is 23.6 Å². The average molecular weight is 263 g/mol. The van der Waals surface area contributed by atoms with Crippen LogP contribution >= 0.6 is 0 Å². The molecule has 0 aliphatic carbocycles. The van der Waals surface area contributed by atoms with Gasteiger partial charge in [0, 0.05) is 5.39 Å². The van der Waals surface area contributed by atoms with E-state index in [-0.39, 0.29) is 0 Å². The third kappa shape index (κ3) is 2.62. The van der Waals surface area contributed by atoms with Gasteiger partial charge < -0.3 is 4.74 Å². The maximum Gasteiger partial charge on any atom is 0.417 e. The fourth-order valence-corrected chi connectivity index (χ4v) is 2.07. The van der Waals surface area contributed by atoms with Gasteiger partial charge in [-0.25, -0.2) is 4.79 Å². The van der Waals surface area contributed by atoms with Crippen LogP contribution in [0, 0.1) is 0 Å². The lowest BCUT2D eigenvalue weighted by Gasteiger charge is -2.09. The fourth-order valence-electron chi connectivity index (χ4n) is 2.07. The van der Waals surface area contributed by atoms with Crippen molar-refractivity contribution in [2.45, 2.75) is 0 Å². The molecule has 0 saturated carbocycles. The zero-order valence-electron chi connectivity index (χ0n) is 10.7. The number of benzene rings is 3. The molecule has 3 rings (SSSR count). The molecule has 1 amide bonds. The number of nitrogens with one attached hydrogen (secondary N) is 1. The summed E-state index contributed by atoms with van der Waals surface area (Å²) in [6, 6.07) is 22.6. The first kappa shape index (κ1) is 12.2. The first-order valence-corrected chi connectivity index (χ1v) is 6.34. The second-order valence-corrected chi connectivity index (χ2v) is 4.35. The molecule has 0 radical (unpaired) electrons. The average Bonchev–Trinajstić information content (AvgIpc) is 2.48. The molecule has 0 bridgehead atoms. The van der Waals surface area contributed by atoms with Crippen molar-refractivity contribution in [1.29, 1.82) is 0 Å². The van der Waals surface area contributed by atoms with Crippen molar-refractivity contribution in [3.63, 3.8) is 0 Å². The molecule has 0 aliphatic heterocycles. The Kier molecular flexibility index (Phi) is 3.33. The van der Waals surface area contributed by atoms with E-state index in [1.54, 1.807) is 12.1 Å². The molecule has 20 heavy (non-hydrogen) atoms. The van der Waals surface area contributed by atoms with E-state index in [9.17, 15) is 4.79 Å². The number of carbonyl (C=O) groups is 1. The van der Waals surface area contributed by atoms with Gasteiger partial charge in [0.1, 0.15) is 5.75 Å². The molecule has 3 nitrogen and oxygen atoms in total. The monoisotopic (exact) mass is 263 g/mol. The lowest BCUT2D eigenvalue weighted by Crippen LogP contribution is -2.16. The summed E-state index contributed by atoms with van der Waals surface area (Å²) in [6.07, 6.45) is -0.493. The molecule has 0 fully saturated rings. The molecule has 98 valence electrons. The molecule has 0 heterocycles. The van der Waals surface area contributed by atoms with Gasteiger partial charge in [-0.1, -0.05) is 54.6 Å². The standard InChI is InChI=1S/C17H13NO2/c19-17(20-14-9-2-1-3-10-14)18-16-12-6-8-13-7-4-5-11-15(13)16/h1-12H,(H,18,19). The highest BCUT2D eigenvalue weighted by Crippen LogP contribution is 2.23. The zero-order valence-corrected chi connectivity index (χ0v) is 10.7. The Morgan fingerprint density at radius 1 is 0.800 bits per heavy atom. The fraction of sp³-hybridized carbons (Fsp3) is 0. The zero-order chi connectivity index (χ0) is 13.8. The van der Waals surface area contributed by atoms with Crippen LogP contribution in [-0.4, -0.2) is 6.09 Å². The minimum Gasteiger partial charge on any atom is -0.410 e. The Bertz CT molecular complexity index is 733. The Labute approximate surface area is 116 Å². The number of hydrogen-bond acceptors (Lipinski definition) is 2. The van der Waals surface area contributed by atoms with E-state index in [1.165, 1.54) is 0 Å². The van der Waals surface area contributed by atoms with E-state index in [1.807, 2.05) is 60.7 Å². The first-order valence-electron chi connectivity index (χ1n) is 6.34. The summed E-state index contributed by atoms with van der Waals surface area (Å²) in [5.41, 5.74) is 0.740. The molecule has 0 unspecified atom stereocenters. The van der Waals surface area contributed by atoms with Crippen LogP contribution < -0.4 is 10.1 Å². The SMILES string of the molecule is O=C(Nc1cccc2ccccc12)Oc1ccccc1. The lowest BCUT2D eigenvalue weighted by atomic mass is 10.1. The van der Waals surface area contributed by atoms with Crippen LogP contribution in [0.25, 0.3) is 10.8 Å². The molecule has 3 aromatic carbocycles. The maximum absolute atomic E-state index is 11.9. The van der Waals surface area contributed by atoms with E-state index < -0.39 is 6.09 Å². The first-order chi connectivity index (χ1) is 9.83. The third-order valence-corrected chi connectivity index (χ3v) is 2.98. The molecule has 1 N–H and O–H groups in total. The van der Waals surface area contributed by atoms with Gasteiger partial charge in [-0.15, -0.1) is 0 Å². The number of ether oxygens (including phenoxy) is 1. The molecule has 0 atom stereocenters. The largest absolute Gasteiger partial charge is 0.417 e. The summed E-state index contributed by atoms with van der Waals surface area (Å²) in [5, 5.41) is 4.83. The number of fused-ring (bicyclic) bond motifs is 1. The van der Waals surface area contributed by atoms with Crippen LogP contribution in [0.2, 0.25) is 0 Å².